The predicted molar refractivity (Wildman–Crippen MR) is 86.1 cm³/mol. The Bertz CT molecular complexity index is 843. The quantitative estimate of drug-likeness (QED) is 0.751. The fourth-order valence-electron chi connectivity index (χ4n) is 2.27. The molecular weight excluding hydrogens is 294 g/mol. The molecule has 0 radical (unpaired) electrons. The van der Waals surface area contributed by atoms with Crippen molar-refractivity contribution in [2.75, 3.05) is 11.9 Å². The molecule has 0 spiro atoms. The van der Waals surface area contributed by atoms with Gasteiger partial charge in [-0.1, -0.05) is 0 Å². The number of hydrogen-bond acceptors (Lipinski definition) is 6. The zero-order valence-electron chi connectivity index (χ0n) is 13.0. The second-order valence-corrected chi connectivity index (χ2v) is 5.02. The number of carbonyl (C=O) groups is 1. The summed E-state index contributed by atoms with van der Waals surface area (Å²) in [6.07, 6.45) is 2.85. The van der Waals surface area contributed by atoms with Crippen LogP contribution in [0.1, 0.15) is 28.7 Å². The van der Waals surface area contributed by atoms with Crippen molar-refractivity contribution >= 4 is 22.6 Å². The second kappa shape index (κ2) is 6.43. The first kappa shape index (κ1) is 15.0. The zero-order chi connectivity index (χ0) is 16.2. The third-order valence-electron chi connectivity index (χ3n) is 3.50. The molecule has 23 heavy (non-hydrogen) atoms. The van der Waals surface area contributed by atoms with Crippen LogP contribution < -0.4 is 10.6 Å². The van der Waals surface area contributed by atoms with E-state index in [0.29, 0.717) is 17.9 Å². The van der Waals surface area contributed by atoms with Gasteiger partial charge in [0.15, 0.2) is 6.39 Å². The molecule has 3 rings (SSSR count). The van der Waals surface area contributed by atoms with Crippen LogP contribution in [0.15, 0.2) is 35.3 Å². The highest BCUT2D eigenvalue weighted by atomic mass is 16.3. The molecule has 0 unspecified atom stereocenters. The van der Waals surface area contributed by atoms with Crippen molar-refractivity contribution in [1.82, 2.24) is 20.3 Å². The highest BCUT2D eigenvalue weighted by Crippen LogP contribution is 2.20. The Labute approximate surface area is 133 Å². The SMILES string of the molecule is CCNc1ncnc2cc(C(=O)NCc3ncoc3C)ccc12. The molecule has 2 aromatic heterocycles. The van der Waals surface area contributed by atoms with Gasteiger partial charge in [-0.2, -0.15) is 0 Å². The number of fused-ring (bicyclic) bond motifs is 1. The molecule has 118 valence electrons. The molecule has 0 aliphatic rings. The van der Waals surface area contributed by atoms with Crippen LogP contribution in [0.4, 0.5) is 5.82 Å². The average molecular weight is 311 g/mol. The van der Waals surface area contributed by atoms with Crippen molar-refractivity contribution in [1.29, 1.82) is 0 Å². The number of anilines is 1. The van der Waals surface area contributed by atoms with Gasteiger partial charge in [0, 0.05) is 17.5 Å². The summed E-state index contributed by atoms with van der Waals surface area (Å²) < 4.78 is 5.11. The summed E-state index contributed by atoms with van der Waals surface area (Å²) in [5, 5.41) is 6.89. The van der Waals surface area contributed by atoms with Gasteiger partial charge in [-0.05, 0) is 32.0 Å². The van der Waals surface area contributed by atoms with Crippen molar-refractivity contribution in [3.8, 4) is 0 Å². The van der Waals surface area contributed by atoms with Gasteiger partial charge in [0.2, 0.25) is 0 Å². The fraction of sp³-hybridized carbons (Fsp3) is 0.250. The lowest BCUT2D eigenvalue weighted by Gasteiger charge is -2.08. The van der Waals surface area contributed by atoms with Gasteiger partial charge in [0.25, 0.3) is 5.91 Å². The second-order valence-electron chi connectivity index (χ2n) is 5.02. The van der Waals surface area contributed by atoms with Crippen molar-refractivity contribution in [3.05, 3.63) is 47.9 Å². The van der Waals surface area contributed by atoms with Crippen molar-refractivity contribution in [3.63, 3.8) is 0 Å². The van der Waals surface area contributed by atoms with E-state index in [2.05, 4.69) is 25.6 Å². The maximum Gasteiger partial charge on any atom is 0.251 e. The van der Waals surface area contributed by atoms with Crippen LogP contribution in [0.25, 0.3) is 10.9 Å². The molecule has 0 bridgehead atoms. The maximum atomic E-state index is 12.3. The summed E-state index contributed by atoms with van der Waals surface area (Å²) in [6.45, 7) is 4.91. The molecule has 0 atom stereocenters. The monoisotopic (exact) mass is 311 g/mol. The number of hydrogen-bond donors (Lipinski definition) is 2. The van der Waals surface area contributed by atoms with Crippen LogP contribution in [0.2, 0.25) is 0 Å². The van der Waals surface area contributed by atoms with E-state index in [-0.39, 0.29) is 5.91 Å². The van der Waals surface area contributed by atoms with Crippen LogP contribution in [-0.2, 0) is 6.54 Å². The van der Waals surface area contributed by atoms with Crippen molar-refractivity contribution in [2.45, 2.75) is 20.4 Å². The van der Waals surface area contributed by atoms with Gasteiger partial charge >= 0.3 is 0 Å². The molecule has 0 aliphatic heterocycles. The first-order valence-corrected chi connectivity index (χ1v) is 7.35. The number of oxazole rings is 1. The average Bonchev–Trinajstić information content (AvgIpc) is 2.98. The highest BCUT2D eigenvalue weighted by Gasteiger charge is 2.11. The predicted octanol–water partition coefficient (Wildman–Crippen LogP) is 2.29. The van der Waals surface area contributed by atoms with Crippen molar-refractivity contribution < 1.29 is 9.21 Å². The summed E-state index contributed by atoms with van der Waals surface area (Å²) in [4.78, 5) is 24.8. The van der Waals surface area contributed by atoms with E-state index in [1.807, 2.05) is 19.9 Å². The number of benzene rings is 1. The molecule has 1 amide bonds. The molecule has 0 aliphatic carbocycles. The van der Waals surface area contributed by atoms with Crippen LogP contribution in [-0.4, -0.2) is 27.4 Å². The minimum absolute atomic E-state index is 0.182. The Morgan fingerprint density at radius 3 is 2.87 bits per heavy atom. The van der Waals surface area contributed by atoms with Gasteiger partial charge in [-0.15, -0.1) is 0 Å². The highest BCUT2D eigenvalue weighted by molar-refractivity contribution is 5.99. The summed E-state index contributed by atoms with van der Waals surface area (Å²) in [5.74, 6) is 1.28. The standard InChI is InChI=1S/C16H17N5O2/c1-3-17-15-12-5-4-11(6-13(12)19-8-20-15)16(22)18-7-14-10(2)23-9-21-14/h4-6,8-9H,3,7H2,1-2H3,(H,18,22)(H,17,19,20). The van der Waals surface area contributed by atoms with Crippen LogP contribution in [0.3, 0.4) is 0 Å². The van der Waals surface area contributed by atoms with Gasteiger partial charge in [0.1, 0.15) is 23.6 Å². The maximum absolute atomic E-state index is 12.3. The largest absolute Gasteiger partial charge is 0.448 e. The molecule has 3 aromatic rings. The minimum atomic E-state index is -0.182. The molecule has 0 saturated heterocycles. The molecule has 7 nitrogen and oxygen atoms in total. The molecule has 0 fully saturated rings. The number of aromatic nitrogens is 3. The summed E-state index contributed by atoms with van der Waals surface area (Å²) in [5.41, 5.74) is 1.98. The minimum Gasteiger partial charge on any atom is -0.448 e. The molecule has 2 heterocycles. The topological polar surface area (TPSA) is 92.9 Å². The Balaban J connectivity index is 1.80. The number of aryl methyl sites for hydroxylation is 1. The molecule has 7 heteroatoms. The first-order valence-electron chi connectivity index (χ1n) is 7.35. The van der Waals surface area contributed by atoms with Crippen LogP contribution in [0, 0.1) is 6.92 Å². The number of nitrogens with zero attached hydrogens (tertiary/aromatic N) is 3. The van der Waals surface area contributed by atoms with E-state index in [4.69, 9.17) is 4.42 Å². The van der Waals surface area contributed by atoms with Gasteiger partial charge in [-0.3, -0.25) is 4.79 Å². The molecule has 0 saturated carbocycles. The number of carbonyl (C=O) groups excluding carboxylic acids is 1. The lowest BCUT2D eigenvalue weighted by atomic mass is 10.1. The molecule has 1 aromatic carbocycles. The summed E-state index contributed by atoms with van der Waals surface area (Å²) >= 11 is 0. The van der Waals surface area contributed by atoms with E-state index in [9.17, 15) is 4.79 Å². The smallest absolute Gasteiger partial charge is 0.251 e. The normalized spacial score (nSPS) is 10.7. The number of rotatable bonds is 5. The van der Waals surface area contributed by atoms with E-state index in [1.165, 1.54) is 12.7 Å². The Morgan fingerprint density at radius 1 is 1.26 bits per heavy atom. The van der Waals surface area contributed by atoms with Crippen molar-refractivity contribution in [2.24, 2.45) is 0 Å². The lowest BCUT2D eigenvalue weighted by molar-refractivity contribution is 0.0950. The molecular formula is C16H17N5O2. The van der Waals surface area contributed by atoms with Gasteiger partial charge in [-0.25, -0.2) is 15.0 Å². The Hall–Kier alpha value is -2.96. The fourth-order valence-corrected chi connectivity index (χ4v) is 2.27. The van der Waals surface area contributed by atoms with E-state index in [0.717, 1.165) is 29.0 Å². The zero-order valence-corrected chi connectivity index (χ0v) is 13.0. The third kappa shape index (κ3) is 3.13. The lowest BCUT2D eigenvalue weighted by Crippen LogP contribution is -2.23. The van der Waals surface area contributed by atoms with Gasteiger partial charge in [0.05, 0.1) is 12.1 Å². The molecule has 2 N–H and O–H groups in total. The van der Waals surface area contributed by atoms with Crippen LogP contribution >= 0.6 is 0 Å². The summed E-state index contributed by atoms with van der Waals surface area (Å²) in [7, 11) is 0. The first-order chi connectivity index (χ1) is 11.2. The third-order valence-corrected chi connectivity index (χ3v) is 3.50. The van der Waals surface area contributed by atoms with Crippen LogP contribution in [0.5, 0.6) is 0 Å². The summed E-state index contributed by atoms with van der Waals surface area (Å²) in [6, 6.07) is 5.37. The number of nitrogens with one attached hydrogen (secondary N) is 2. The number of amides is 1. The Morgan fingerprint density at radius 2 is 2.13 bits per heavy atom. The Kier molecular flexibility index (Phi) is 4.18. The van der Waals surface area contributed by atoms with E-state index < -0.39 is 0 Å². The van der Waals surface area contributed by atoms with Gasteiger partial charge < -0.3 is 15.1 Å². The van der Waals surface area contributed by atoms with E-state index >= 15 is 0 Å². The van der Waals surface area contributed by atoms with E-state index in [1.54, 1.807) is 12.1 Å².